The Kier molecular flexibility index (Phi) is 14.2. The second-order valence-electron chi connectivity index (χ2n) is 11.7. The van der Waals surface area contributed by atoms with Gasteiger partial charge in [0.2, 0.25) is 0 Å². The van der Waals surface area contributed by atoms with Crippen molar-refractivity contribution in [2.24, 2.45) is 0 Å². The summed E-state index contributed by atoms with van der Waals surface area (Å²) >= 11 is 0. The van der Waals surface area contributed by atoms with Crippen LogP contribution < -0.4 is 0 Å². The van der Waals surface area contributed by atoms with Crippen LogP contribution in [0, 0.1) is 0 Å². The Bertz CT molecular complexity index is 1080. The van der Waals surface area contributed by atoms with Gasteiger partial charge in [-0.15, -0.1) is 0 Å². The van der Waals surface area contributed by atoms with E-state index in [4.69, 9.17) is 4.98 Å². The minimum atomic E-state index is 1.15. The predicted octanol–water partition coefficient (Wildman–Crippen LogP) is 11.9. The highest BCUT2D eigenvalue weighted by Crippen LogP contribution is 2.36. The first-order valence-electron chi connectivity index (χ1n) is 16.6. The van der Waals surface area contributed by atoms with Crippen LogP contribution in [0.5, 0.6) is 0 Å². The van der Waals surface area contributed by atoms with Gasteiger partial charge in [0.15, 0.2) is 0 Å². The lowest BCUT2D eigenvalue weighted by atomic mass is 9.86. The average Bonchev–Trinajstić information content (AvgIpc) is 2.94. The number of aryl methyl sites for hydroxylation is 3. The van der Waals surface area contributed by atoms with Crippen molar-refractivity contribution in [2.45, 2.75) is 156 Å². The van der Waals surface area contributed by atoms with E-state index in [1.54, 1.807) is 22.1 Å². The van der Waals surface area contributed by atoms with Crippen LogP contribution in [0.2, 0.25) is 0 Å². The Morgan fingerprint density at radius 1 is 0.526 bits per heavy atom. The van der Waals surface area contributed by atoms with Crippen LogP contribution in [0.3, 0.4) is 0 Å². The van der Waals surface area contributed by atoms with Gasteiger partial charge >= 0.3 is 0 Å². The SMILES string of the molecule is CCCCCCc1nc2c(c(CCCCCC)cc3ccccc32)c(CCCCCC)c1CCCCCC. The summed E-state index contributed by atoms with van der Waals surface area (Å²) in [5.41, 5.74) is 7.64. The fraction of sp³-hybridized carbons (Fsp3) is 0.649. The van der Waals surface area contributed by atoms with E-state index in [-0.39, 0.29) is 0 Å². The topological polar surface area (TPSA) is 12.9 Å². The maximum Gasteiger partial charge on any atom is 0.0789 e. The Labute approximate surface area is 235 Å². The number of hydrogen-bond donors (Lipinski definition) is 0. The molecule has 0 N–H and O–H groups in total. The van der Waals surface area contributed by atoms with Crippen molar-refractivity contribution in [1.29, 1.82) is 0 Å². The molecule has 1 heteroatoms. The van der Waals surface area contributed by atoms with E-state index in [2.05, 4.69) is 58.0 Å². The zero-order valence-electron chi connectivity index (χ0n) is 25.5. The number of nitrogens with zero attached hydrogens (tertiary/aromatic N) is 1. The van der Waals surface area contributed by atoms with Gasteiger partial charge in [0, 0.05) is 16.5 Å². The molecule has 3 rings (SSSR count). The van der Waals surface area contributed by atoms with Crippen LogP contribution in [-0.2, 0) is 25.7 Å². The van der Waals surface area contributed by atoms with Gasteiger partial charge in [-0.05, 0) is 73.4 Å². The summed E-state index contributed by atoms with van der Waals surface area (Å²) in [6, 6.07) is 11.6. The summed E-state index contributed by atoms with van der Waals surface area (Å²) in [5.74, 6) is 0. The molecule has 1 nitrogen and oxygen atoms in total. The molecule has 0 saturated heterocycles. The number of fused-ring (bicyclic) bond motifs is 3. The largest absolute Gasteiger partial charge is 0.252 e. The van der Waals surface area contributed by atoms with Crippen LogP contribution in [0.4, 0.5) is 0 Å². The van der Waals surface area contributed by atoms with Gasteiger partial charge < -0.3 is 0 Å². The van der Waals surface area contributed by atoms with Gasteiger partial charge in [0.05, 0.1) is 5.52 Å². The highest BCUT2D eigenvalue weighted by molar-refractivity contribution is 6.08. The van der Waals surface area contributed by atoms with E-state index < -0.39 is 0 Å². The monoisotopic (exact) mass is 515 g/mol. The highest BCUT2D eigenvalue weighted by Gasteiger charge is 2.19. The molecule has 0 atom stereocenters. The number of unbranched alkanes of at least 4 members (excludes halogenated alkanes) is 12. The summed E-state index contributed by atoms with van der Waals surface area (Å²) in [6.07, 6.45) is 25.9. The summed E-state index contributed by atoms with van der Waals surface area (Å²) in [5, 5.41) is 4.28. The summed E-state index contributed by atoms with van der Waals surface area (Å²) in [7, 11) is 0. The second-order valence-corrected chi connectivity index (χ2v) is 11.7. The minimum Gasteiger partial charge on any atom is -0.252 e. The molecule has 0 fully saturated rings. The molecule has 0 amide bonds. The summed E-state index contributed by atoms with van der Waals surface area (Å²) in [4.78, 5) is 5.61. The van der Waals surface area contributed by atoms with Crippen LogP contribution in [-0.4, -0.2) is 4.98 Å². The normalized spacial score (nSPS) is 11.7. The predicted molar refractivity (Wildman–Crippen MR) is 171 cm³/mol. The lowest BCUT2D eigenvalue weighted by Crippen LogP contribution is -2.08. The van der Waals surface area contributed by atoms with Crippen molar-refractivity contribution < 1.29 is 0 Å². The molecule has 3 aromatic rings. The fourth-order valence-electron chi connectivity index (χ4n) is 6.26. The number of benzene rings is 2. The van der Waals surface area contributed by atoms with Crippen molar-refractivity contribution in [2.75, 3.05) is 0 Å². The van der Waals surface area contributed by atoms with Crippen LogP contribution >= 0.6 is 0 Å². The molecule has 210 valence electrons. The molecule has 1 aromatic heterocycles. The Hall–Kier alpha value is -1.89. The molecule has 2 aromatic carbocycles. The number of pyridine rings is 1. The average molecular weight is 516 g/mol. The van der Waals surface area contributed by atoms with Crippen LogP contribution in [0.15, 0.2) is 30.3 Å². The molecule has 0 aliphatic heterocycles. The molecule has 38 heavy (non-hydrogen) atoms. The molecule has 0 aliphatic carbocycles. The maximum absolute atomic E-state index is 5.61. The Balaban J connectivity index is 2.16. The first kappa shape index (κ1) is 30.6. The van der Waals surface area contributed by atoms with Gasteiger partial charge in [-0.1, -0.05) is 135 Å². The van der Waals surface area contributed by atoms with E-state index in [0.717, 1.165) is 6.42 Å². The zero-order chi connectivity index (χ0) is 27.0. The van der Waals surface area contributed by atoms with Gasteiger partial charge in [-0.3, -0.25) is 4.98 Å². The molecule has 0 saturated carbocycles. The smallest absolute Gasteiger partial charge is 0.0789 e. The van der Waals surface area contributed by atoms with Crippen molar-refractivity contribution in [3.8, 4) is 0 Å². The standard InChI is InChI=1S/C37H57N/c1-5-9-13-17-24-31-29-30-23-21-22-25-32(30)37-36(31)34(27-19-15-11-7-3)33(26-18-14-10-6-2)35(38-37)28-20-16-12-8-4/h21-23,25,29H,5-20,24,26-28H2,1-4H3. The minimum absolute atomic E-state index is 1.15. The first-order valence-corrected chi connectivity index (χ1v) is 16.6. The van der Waals surface area contributed by atoms with Gasteiger partial charge in [-0.2, -0.15) is 0 Å². The number of aromatic nitrogens is 1. The Morgan fingerprint density at radius 2 is 1.05 bits per heavy atom. The number of rotatable bonds is 20. The molecule has 0 radical (unpaired) electrons. The third-order valence-electron chi connectivity index (χ3n) is 8.49. The molecule has 0 spiro atoms. The fourth-order valence-corrected chi connectivity index (χ4v) is 6.26. The van der Waals surface area contributed by atoms with Crippen molar-refractivity contribution in [3.63, 3.8) is 0 Å². The molecule has 0 aliphatic rings. The van der Waals surface area contributed by atoms with Crippen molar-refractivity contribution in [1.82, 2.24) is 4.98 Å². The lowest BCUT2D eigenvalue weighted by molar-refractivity contribution is 0.635. The maximum atomic E-state index is 5.61. The van der Waals surface area contributed by atoms with E-state index >= 15 is 0 Å². The molecular weight excluding hydrogens is 458 g/mol. The van der Waals surface area contributed by atoms with E-state index in [1.807, 2.05) is 0 Å². The van der Waals surface area contributed by atoms with Crippen LogP contribution in [0.25, 0.3) is 21.7 Å². The summed E-state index contributed by atoms with van der Waals surface area (Å²) in [6.45, 7) is 9.29. The van der Waals surface area contributed by atoms with E-state index in [0.29, 0.717) is 0 Å². The van der Waals surface area contributed by atoms with Gasteiger partial charge in [-0.25, -0.2) is 0 Å². The van der Waals surface area contributed by atoms with E-state index in [9.17, 15) is 0 Å². The molecule has 1 heterocycles. The third-order valence-corrected chi connectivity index (χ3v) is 8.49. The third kappa shape index (κ3) is 8.82. The van der Waals surface area contributed by atoms with Crippen molar-refractivity contribution in [3.05, 3.63) is 52.7 Å². The summed E-state index contributed by atoms with van der Waals surface area (Å²) < 4.78 is 0. The Morgan fingerprint density at radius 3 is 1.66 bits per heavy atom. The van der Waals surface area contributed by atoms with E-state index in [1.165, 1.54) is 144 Å². The molecule has 0 unspecified atom stereocenters. The number of hydrogen-bond acceptors (Lipinski definition) is 1. The first-order chi connectivity index (χ1) is 18.7. The highest BCUT2D eigenvalue weighted by atomic mass is 14.7. The van der Waals surface area contributed by atoms with Gasteiger partial charge in [0.1, 0.15) is 0 Å². The van der Waals surface area contributed by atoms with Crippen LogP contribution in [0.1, 0.15) is 153 Å². The zero-order valence-corrected chi connectivity index (χ0v) is 25.5. The lowest BCUT2D eigenvalue weighted by Gasteiger charge is -2.21. The quantitative estimate of drug-likeness (QED) is 0.108. The van der Waals surface area contributed by atoms with Crippen molar-refractivity contribution >= 4 is 21.7 Å². The second kappa shape index (κ2) is 17.6. The molecule has 0 bridgehead atoms. The van der Waals surface area contributed by atoms with Gasteiger partial charge in [0.25, 0.3) is 0 Å². The molecular formula is C37H57N.